The third-order valence-electron chi connectivity index (χ3n) is 4.52. The Balaban J connectivity index is 1.59. The number of aromatic nitrogens is 3. The van der Waals surface area contributed by atoms with E-state index in [-0.39, 0.29) is 16.0 Å². The second-order valence-corrected chi connectivity index (χ2v) is 9.52. The summed E-state index contributed by atoms with van der Waals surface area (Å²) >= 11 is 7.40. The zero-order valence-corrected chi connectivity index (χ0v) is 16.9. The van der Waals surface area contributed by atoms with Crippen molar-refractivity contribution in [1.29, 1.82) is 0 Å². The Morgan fingerprint density at radius 3 is 2.75 bits per heavy atom. The topological polar surface area (TPSA) is 76.9 Å². The summed E-state index contributed by atoms with van der Waals surface area (Å²) in [6.45, 7) is 1.77. The highest BCUT2D eigenvalue weighted by Crippen LogP contribution is 2.41. The van der Waals surface area contributed by atoms with Crippen LogP contribution in [0, 0.1) is 6.92 Å². The van der Waals surface area contributed by atoms with Crippen LogP contribution in [-0.4, -0.2) is 22.6 Å². The van der Waals surface area contributed by atoms with Gasteiger partial charge in [0, 0.05) is 21.0 Å². The van der Waals surface area contributed by atoms with E-state index in [9.17, 15) is 8.42 Å². The number of aryl methyl sites for hydroxylation is 1. The van der Waals surface area contributed by atoms with Gasteiger partial charge in [-0.2, -0.15) is 13.4 Å². The van der Waals surface area contributed by atoms with Gasteiger partial charge >= 0.3 is 0 Å². The number of nitrogens with one attached hydrogen (secondary N) is 1. The van der Waals surface area contributed by atoms with Crippen LogP contribution >= 0.6 is 23.4 Å². The Hall–Kier alpha value is -2.55. The van der Waals surface area contributed by atoms with E-state index in [2.05, 4.69) is 15.4 Å². The second kappa shape index (κ2) is 6.23. The number of halogens is 1. The van der Waals surface area contributed by atoms with E-state index >= 15 is 0 Å². The first-order valence-electron chi connectivity index (χ1n) is 8.39. The normalized spacial score (nSPS) is 14.5. The zero-order valence-electron chi connectivity index (χ0n) is 14.5. The van der Waals surface area contributed by atoms with E-state index in [1.54, 1.807) is 19.1 Å². The van der Waals surface area contributed by atoms with Gasteiger partial charge in [-0.3, -0.25) is 0 Å². The number of benzene rings is 3. The molecule has 2 heterocycles. The Morgan fingerprint density at radius 1 is 1.11 bits per heavy atom. The van der Waals surface area contributed by atoms with Crippen molar-refractivity contribution < 1.29 is 8.42 Å². The highest BCUT2D eigenvalue weighted by atomic mass is 35.5. The molecule has 140 valence electrons. The third-order valence-corrected chi connectivity index (χ3v) is 7.78. The first-order valence-corrected chi connectivity index (χ1v) is 11.0. The van der Waals surface area contributed by atoms with E-state index in [1.807, 2.05) is 42.5 Å². The van der Waals surface area contributed by atoms with Crippen LogP contribution in [0.2, 0.25) is 5.02 Å². The van der Waals surface area contributed by atoms with Gasteiger partial charge in [-0.05, 0) is 47.8 Å². The van der Waals surface area contributed by atoms with Gasteiger partial charge in [-0.1, -0.05) is 48.0 Å². The average molecular weight is 429 g/mol. The molecule has 0 spiro atoms. The number of anilines is 2. The smallest absolute Gasteiger partial charge is 0.286 e. The lowest BCUT2D eigenvalue weighted by atomic mass is 10.1. The third kappa shape index (κ3) is 2.68. The van der Waals surface area contributed by atoms with Gasteiger partial charge in [0.25, 0.3) is 10.0 Å². The summed E-state index contributed by atoms with van der Waals surface area (Å²) < 4.78 is 27.0. The summed E-state index contributed by atoms with van der Waals surface area (Å²) in [6.07, 6.45) is 0. The van der Waals surface area contributed by atoms with Crippen molar-refractivity contribution in [1.82, 2.24) is 14.2 Å². The van der Waals surface area contributed by atoms with E-state index in [0.29, 0.717) is 15.5 Å². The molecule has 0 amide bonds. The first kappa shape index (κ1) is 17.5. The summed E-state index contributed by atoms with van der Waals surface area (Å²) in [7, 11) is -3.83. The SMILES string of the molecule is Cc1cc2c(cc1Cl)Sc1nc(Nc3cccc4ccccc34)nn1S2(=O)=O. The van der Waals surface area contributed by atoms with E-state index in [0.717, 1.165) is 20.5 Å². The van der Waals surface area contributed by atoms with Gasteiger partial charge in [0.2, 0.25) is 11.1 Å². The monoisotopic (exact) mass is 428 g/mol. The van der Waals surface area contributed by atoms with Crippen molar-refractivity contribution in [3.8, 4) is 0 Å². The molecular weight excluding hydrogens is 416 g/mol. The van der Waals surface area contributed by atoms with Gasteiger partial charge in [0.05, 0.1) is 0 Å². The molecule has 0 bridgehead atoms. The Kier molecular flexibility index (Phi) is 3.90. The first-order chi connectivity index (χ1) is 13.4. The molecule has 0 radical (unpaired) electrons. The molecule has 6 nitrogen and oxygen atoms in total. The molecule has 9 heteroatoms. The largest absolute Gasteiger partial charge is 0.322 e. The van der Waals surface area contributed by atoms with Crippen molar-refractivity contribution in [2.45, 2.75) is 21.9 Å². The van der Waals surface area contributed by atoms with Crippen LogP contribution in [0.1, 0.15) is 5.56 Å². The van der Waals surface area contributed by atoms with Crippen molar-refractivity contribution in [3.63, 3.8) is 0 Å². The molecule has 0 saturated heterocycles. The molecule has 0 aliphatic carbocycles. The van der Waals surface area contributed by atoms with Crippen molar-refractivity contribution >= 4 is 55.8 Å². The predicted octanol–water partition coefficient (Wildman–Crippen LogP) is 4.84. The van der Waals surface area contributed by atoms with Gasteiger partial charge in [-0.15, -0.1) is 9.19 Å². The van der Waals surface area contributed by atoms with Gasteiger partial charge < -0.3 is 5.32 Å². The number of rotatable bonds is 2. The molecule has 28 heavy (non-hydrogen) atoms. The molecule has 1 aliphatic rings. The maximum Gasteiger partial charge on any atom is 0.286 e. The summed E-state index contributed by atoms with van der Waals surface area (Å²) in [4.78, 5) is 5.12. The number of hydrogen-bond acceptors (Lipinski definition) is 6. The quantitative estimate of drug-likeness (QED) is 0.433. The second-order valence-electron chi connectivity index (χ2n) is 6.37. The molecule has 3 aromatic carbocycles. The van der Waals surface area contributed by atoms with E-state index in [1.165, 1.54) is 11.8 Å². The maximum atomic E-state index is 13.0. The van der Waals surface area contributed by atoms with Gasteiger partial charge in [0.15, 0.2) is 0 Å². The predicted molar refractivity (Wildman–Crippen MR) is 110 cm³/mol. The van der Waals surface area contributed by atoms with Crippen molar-refractivity contribution in [2.75, 3.05) is 5.32 Å². The van der Waals surface area contributed by atoms with Crippen LogP contribution in [-0.2, 0) is 10.0 Å². The molecule has 0 saturated carbocycles. The number of fused-ring (bicyclic) bond motifs is 3. The minimum Gasteiger partial charge on any atom is -0.322 e. The Labute approximate surface area is 170 Å². The molecule has 1 N–H and O–H groups in total. The van der Waals surface area contributed by atoms with E-state index in [4.69, 9.17) is 11.6 Å². The van der Waals surface area contributed by atoms with Crippen LogP contribution in [0.15, 0.2) is 69.5 Å². The van der Waals surface area contributed by atoms with Crippen LogP contribution in [0.3, 0.4) is 0 Å². The van der Waals surface area contributed by atoms with Crippen LogP contribution in [0.5, 0.6) is 0 Å². The molecule has 0 fully saturated rings. The van der Waals surface area contributed by atoms with Crippen LogP contribution in [0.4, 0.5) is 11.6 Å². The number of nitrogens with zero attached hydrogens (tertiary/aromatic N) is 3. The fourth-order valence-electron chi connectivity index (χ4n) is 3.12. The summed E-state index contributed by atoms with van der Waals surface area (Å²) in [5, 5.41) is 10.2. The highest BCUT2D eigenvalue weighted by molar-refractivity contribution is 8.01. The lowest BCUT2D eigenvalue weighted by Crippen LogP contribution is -2.20. The lowest BCUT2D eigenvalue weighted by molar-refractivity contribution is 0.568. The Bertz CT molecular complexity index is 1360. The van der Waals surface area contributed by atoms with Crippen molar-refractivity contribution in [3.05, 3.63) is 65.2 Å². The molecule has 1 aliphatic heterocycles. The zero-order chi connectivity index (χ0) is 19.5. The molecule has 5 rings (SSSR count). The molecule has 4 aromatic rings. The fraction of sp³-hybridized carbons (Fsp3) is 0.0526. The van der Waals surface area contributed by atoms with Crippen LogP contribution in [0.25, 0.3) is 10.8 Å². The molecule has 1 aromatic heterocycles. The maximum absolute atomic E-state index is 13.0. The van der Waals surface area contributed by atoms with Gasteiger partial charge in [-0.25, -0.2) is 0 Å². The molecule has 0 unspecified atom stereocenters. The summed E-state index contributed by atoms with van der Waals surface area (Å²) in [6, 6.07) is 17.0. The summed E-state index contributed by atoms with van der Waals surface area (Å²) in [5.74, 6) is 0.220. The fourth-order valence-corrected chi connectivity index (χ4v) is 6.24. The molecular formula is C19H13ClN4O2S2. The van der Waals surface area contributed by atoms with E-state index < -0.39 is 10.0 Å². The minimum atomic E-state index is -3.83. The molecule has 0 atom stereocenters. The summed E-state index contributed by atoms with van der Waals surface area (Å²) in [5.41, 5.74) is 1.50. The van der Waals surface area contributed by atoms with Crippen molar-refractivity contribution in [2.24, 2.45) is 0 Å². The van der Waals surface area contributed by atoms with Gasteiger partial charge in [0.1, 0.15) is 4.90 Å². The average Bonchev–Trinajstić information content (AvgIpc) is 3.08. The minimum absolute atomic E-state index is 0.188. The Morgan fingerprint density at radius 2 is 1.89 bits per heavy atom. The standard InChI is InChI=1S/C19H13ClN4O2S2/c1-11-9-17-16(10-14(11)20)27-19-22-18(23-24(19)28(17,25)26)21-15-8-4-6-12-5-2-3-7-13(12)15/h2-10H,1H3,(H,21,23). The lowest BCUT2D eigenvalue weighted by Gasteiger charge is -2.17. The van der Waals surface area contributed by atoms with Crippen LogP contribution < -0.4 is 5.32 Å². The number of hydrogen-bond donors (Lipinski definition) is 1. The highest BCUT2D eigenvalue weighted by Gasteiger charge is 2.33.